The molecule has 0 N–H and O–H groups in total. The molecule has 0 spiro atoms. The zero-order valence-electron chi connectivity index (χ0n) is 10.5. The van der Waals surface area contributed by atoms with E-state index in [2.05, 4.69) is 4.74 Å². The van der Waals surface area contributed by atoms with E-state index in [1.165, 1.54) is 7.11 Å². The summed E-state index contributed by atoms with van der Waals surface area (Å²) in [6, 6.07) is 1.53. The molecule has 0 saturated heterocycles. The van der Waals surface area contributed by atoms with Gasteiger partial charge < -0.3 is 4.74 Å². The Kier molecular flexibility index (Phi) is 4.15. The van der Waals surface area contributed by atoms with E-state index in [-0.39, 0.29) is 11.8 Å². The molecule has 0 amide bonds. The van der Waals surface area contributed by atoms with Crippen molar-refractivity contribution in [2.45, 2.75) is 0 Å². The second kappa shape index (κ2) is 5.71. The summed E-state index contributed by atoms with van der Waals surface area (Å²) in [7, 11) is 1.51. The van der Waals surface area contributed by atoms with Gasteiger partial charge in [-0.1, -0.05) is 0 Å². The lowest BCUT2D eigenvalue weighted by atomic mass is 9.63. The van der Waals surface area contributed by atoms with Gasteiger partial charge in [0.15, 0.2) is 23.3 Å². The van der Waals surface area contributed by atoms with Crippen molar-refractivity contribution in [3.8, 4) is 5.75 Å². The molecule has 0 unspecified atom stereocenters. The number of halogens is 6. The summed E-state index contributed by atoms with van der Waals surface area (Å²) in [5, 5.41) is 0. The molecule has 2 aromatic rings. The summed E-state index contributed by atoms with van der Waals surface area (Å²) in [6.45, 7) is 0. The summed E-state index contributed by atoms with van der Waals surface area (Å²) in [5.74, 6) is -9.39. The van der Waals surface area contributed by atoms with Crippen molar-refractivity contribution in [3.05, 3.63) is 53.1 Å². The minimum absolute atomic E-state index is 0.00272. The van der Waals surface area contributed by atoms with Gasteiger partial charge in [-0.15, -0.1) is 0 Å². The average molecular weight is 303 g/mol. The molecule has 0 aliphatic carbocycles. The Bertz CT molecular complexity index is 654. The first-order valence-corrected chi connectivity index (χ1v) is 5.56. The summed E-state index contributed by atoms with van der Waals surface area (Å²) in [6.07, 6.45) is 0. The van der Waals surface area contributed by atoms with Crippen molar-refractivity contribution in [2.75, 3.05) is 7.11 Å². The van der Waals surface area contributed by atoms with E-state index in [4.69, 9.17) is 0 Å². The molecule has 109 valence electrons. The molecule has 2 aromatic carbocycles. The Morgan fingerprint density at radius 3 is 1.62 bits per heavy atom. The predicted octanol–water partition coefficient (Wildman–Crippen LogP) is 2.18. The smallest absolute Gasteiger partial charge is 0.207 e. The van der Waals surface area contributed by atoms with E-state index in [0.29, 0.717) is 7.28 Å². The molecule has 0 bridgehead atoms. The molecule has 0 heterocycles. The molecule has 21 heavy (non-hydrogen) atoms. The lowest BCUT2D eigenvalue weighted by molar-refractivity contribution is 0.407. The summed E-state index contributed by atoms with van der Waals surface area (Å²) < 4.78 is 84.9. The van der Waals surface area contributed by atoms with Gasteiger partial charge in [0.2, 0.25) is 7.28 Å². The number of rotatable bonds is 3. The van der Waals surface area contributed by atoms with Gasteiger partial charge in [0.05, 0.1) is 7.11 Å². The van der Waals surface area contributed by atoms with Crippen molar-refractivity contribution in [1.82, 2.24) is 0 Å². The number of hydrogen-bond donors (Lipinski definition) is 0. The van der Waals surface area contributed by atoms with Gasteiger partial charge in [-0.2, -0.15) is 0 Å². The number of hydrogen-bond acceptors (Lipinski definition) is 1. The third-order valence-corrected chi connectivity index (χ3v) is 2.72. The normalized spacial score (nSPS) is 10.6. The van der Waals surface area contributed by atoms with Crippen LogP contribution in [-0.2, 0) is 0 Å². The first kappa shape index (κ1) is 15.3. The van der Waals surface area contributed by atoms with Crippen molar-refractivity contribution in [1.29, 1.82) is 0 Å². The van der Waals surface area contributed by atoms with Gasteiger partial charge >= 0.3 is 0 Å². The standard InChI is InChI=1S/C13H6BF6O/c1-21-5-2-6(15)10(7(16)3-5)14-11-12(19)8(17)4-9(18)13(11)20/h2-4H,1H3. The summed E-state index contributed by atoms with van der Waals surface area (Å²) in [5.41, 5.74) is -2.06. The molecule has 8 heteroatoms. The third-order valence-electron chi connectivity index (χ3n) is 2.72. The van der Waals surface area contributed by atoms with Crippen molar-refractivity contribution >= 4 is 18.2 Å². The van der Waals surface area contributed by atoms with Crippen LogP contribution in [0.5, 0.6) is 5.75 Å². The van der Waals surface area contributed by atoms with E-state index in [0.717, 1.165) is 12.1 Å². The molecular formula is C13H6BF6O. The van der Waals surface area contributed by atoms with Gasteiger partial charge in [0, 0.05) is 18.2 Å². The van der Waals surface area contributed by atoms with Crippen molar-refractivity contribution in [3.63, 3.8) is 0 Å². The highest BCUT2D eigenvalue weighted by atomic mass is 19.2. The quantitative estimate of drug-likeness (QED) is 0.480. The molecule has 0 saturated carbocycles. The minimum Gasteiger partial charge on any atom is -0.497 e. The maximum absolute atomic E-state index is 13.7. The largest absolute Gasteiger partial charge is 0.497 e. The van der Waals surface area contributed by atoms with Gasteiger partial charge in [-0.3, -0.25) is 0 Å². The van der Waals surface area contributed by atoms with Gasteiger partial charge in [0.25, 0.3) is 0 Å². The van der Waals surface area contributed by atoms with Gasteiger partial charge in [0.1, 0.15) is 17.4 Å². The Balaban J connectivity index is 2.53. The van der Waals surface area contributed by atoms with Crippen molar-refractivity contribution in [2.24, 2.45) is 0 Å². The Morgan fingerprint density at radius 1 is 0.714 bits per heavy atom. The fourth-order valence-corrected chi connectivity index (χ4v) is 1.68. The Hall–Kier alpha value is -2.12. The SMILES string of the molecule is COc1cc(F)c([B]c2c(F)c(F)cc(F)c2F)c(F)c1. The molecule has 2 rings (SSSR count). The van der Waals surface area contributed by atoms with E-state index in [1.54, 1.807) is 0 Å². The van der Waals surface area contributed by atoms with E-state index in [1.807, 2.05) is 0 Å². The van der Waals surface area contributed by atoms with E-state index < -0.39 is 45.8 Å². The van der Waals surface area contributed by atoms with Crippen molar-refractivity contribution < 1.29 is 31.1 Å². The number of methoxy groups -OCH3 is 1. The van der Waals surface area contributed by atoms with Crippen LogP contribution < -0.4 is 15.7 Å². The molecule has 0 aromatic heterocycles. The third kappa shape index (κ3) is 2.84. The second-order valence-electron chi connectivity index (χ2n) is 4.03. The van der Waals surface area contributed by atoms with Crippen LogP contribution >= 0.6 is 0 Å². The zero-order valence-corrected chi connectivity index (χ0v) is 10.5. The van der Waals surface area contributed by atoms with Crippen LogP contribution in [0.25, 0.3) is 0 Å². The number of benzene rings is 2. The monoisotopic (exact) mass is 303 g/mol. The lowest BCUT2D eigenvalue weighted by Crippen LogP contribution is -2.37. The van der Waals surface area contributed by atoms with Gasteiger partial charge in [-0.05, 0) is 10.9 Å². The van der Waals surface area contributed by atoms with E-state index >= 15 is 0 Å². The predicted molar refractivity (Wildman–Crippen MR) is 64.2 cm³/mol. The summed E-state index contributed by atoms with van der Waals surface area (Å²) in [4.78, 5) is 0. The molecule has 1 radical (unpaired) electrons. The second-order valence-corrected chi connectivity index (χ2v) is 4.03. The Morgan fingerprint density at radius 2 is 1.19 bits per heavy atom. The topological polar surface area (TPSA) is 9.23 Å². The van der Waals surface area contributed by atoms with Crippen LogP contribution in [-0.4, -0.2) is 14.4 Å². The first-order chi connectivity index (χ1) is 9.85. The molecule has 1 nitrogen and oxygen atoms in total. The lowest BCUT2D eigenvalue weighted by Gasteiger charge is -2.09. The molecule has 0 fully saturated rings. The van der Waals surface area contributed by atoms with Crippen LogP contribution in [0.1, 0.15) is 0 Å². The highest BCUT2D eigenvalue weighted by molar-refractivity contribution is 6.67. The van der Waals surface area contributed by atoms with Gasteiger partial charge in [-0.25, -0.2) is 26.3 Å². The van der Waals surface area contributed by atoms with E-state index in [9.17, 15) is 26.3 Å². The zero-order chi connectivity index (χ0) is 15.7. The van der Waals surface area contributed by atoms with Crippen LogP contribution in [0.2, 0.25) is 0 Å². The summed E-state index contributed by atoms with van der Waals surface area (Å²) >= 11 is 0. The maximum Gasteiger partial charge on any atom is 0.207 e. The highest BCUT2D eigenvalue weighted by Gasteiger charge is 2.23. The van der Waals surface area contributed by atoms with Crippen LogP contribution in [0, 0.1) is 34.9 Å². The number of ether oxygens (including phenoxy) is 1. The average Bonchev–Trinajstić information content (AvgIpc) is 2.43. The fraction of sp³-hybridized carbons (Fsp3) is 0.0769. The molecule has 0 aliphatic rings. The van der Waals surface area contributed by atoms with Crippen LogP contribution in [0.4, 0.5) is 26.3 Å². The van der Waals surface area contributed by atoms with Crippen LogP contribution in [0.15, 0.2) is 18.2 Å². The maximum atomic E-state index is 13.7. The minimum atomic E-state index is -1.75. The highest BCUT2D eigenvalue weighted by Crippen LogP contribution is 2.14. The molecule has 0 atom stereocenters. The molecule has 0 aliphatic heterocycles. The van der Waals surface area contributed by atoms with Crippen LogP contribution in [0.3, 0.4) is 0 Å². The molecular weight excluding hydrogens is 297 g/mol. The first-order valence-electron chi connectivity index (χ1n) is 5.56. The fourth-order valence-electron chi connectivity index (χ4n) is 1.68. The Labute approximate surface area is 116 Å².